The largest absolute Gasteiger partial charge is 0.203 e. The summed E-state index contributed by atoms with van der Waals surface area (Å²) in [5.74, 6) is -1.40. The first-order valence-electron chi connectivity index (χ1n) is 16.3. The number of rotatable bonds is 11. The predicted molar refractivity (Wildman–Crippen MR) is 171 cm³/mol. The molecular formula is C39H44F4. The van der Waals surface area contributed by atoms with E-state index in [9.17, 15) is 4.39 Å². The minimum absolute atomic E-state index is 0.158. The second kappa shape index (κ2) is 14.6. The van der Waals surface area contributed by atoms with Crippen LogP contribution in [0.3, 0.4) is 0 Å². The minimum Gasteiger partial charge on any atom is -0.203 e. The predicted octanol–water partition coefficient (Wildman–Crippen LogP) is 12.3. The Morgan fingerprint density at radius 2 is 1.23 bits per heavy atom. The van der Waals surface area contributed by atoms with E-state index < -0.39 is 23.3 Å². The standard InChI is InChI=1S/C39H44F4/c1-3-5-6-7-8-9-32-22-23-33(37(41)36(32)40)30-18-20-31(21-19-30)35-25-24-34(38(42)39(35)43)29-16-14-28(15-17-29)27-12-10-26(4-2)11-13-27/h4,16,18-28H,2-3,5-15,17H2,1H3. The summed E-state index contributed by atoms with van der Waals surface area (Å²) >= 11 is 0. The molecular weight excluding hydrogens is 544 g/mol. The molecule has 3 aromatic carbocycles. The molecule has 0 amide bonds. The third-order valence-electron chi connectivity index (χ3n) is 9.92. The van der Waals surface area contributed by atoms with E-state index in [2.05, 4.69) is 25.7 Å². The van der Waals surface area contributed by atoms with E-state index in [1.807, 2.05) is 0 Å². The van der Waals surface area contributed by atoms with Gasteiger partial charge in [-0.05, 0) is 97.8 Å². The Morgan fingerprint density at radius 1 is 0.651 bits per heavy atom. The third-order valence-corrected chi connectivity index (χ3v) is 9.92. The average molecular weight is 589 g/mol. The van der Waals surface area contributed by atoms with Crippen LogP contribution in [0.1, 0.15) is 95.1 Å². The number of aryl methyl sites for hydroxylation is 1. The molecule has 0 radical (unpaired) electrons. The molecule has 1 atom stereocenters. The van der Waals surface area contributed by atoms with Crippen LogP contribution in [0, 0.1) is 41.0 Å². The van der Waals surface area contributed by atoms with Crippen LogP contribution in [0.15, 0.2) is 67.3 Å². The second-order valence-electron chi connectivity index (χ2n) is 12.6. The summed E-state index contributed by atoms with van der Waals surface area (Å²) in [6.45, 7) is 6.09. The molecule has 43 heavy (non-hydrogen) atoms. The summed E-state index contributed by atoms with van der Waals surface area (Å²) in [5, 5.41) is 0. The topological polar surface area (TPSA) is 0 Å². The van der Waals surface area contributed by atoms with Crippen LogP contribution in [0.5, 0.6) is 0 Å². The molecule has 0 nitrogen and oxygen atoms in total. The highest BCUT2D eigenvalue weighted by Crippen LogP contribution is 2.42. The molecule has 1 unspecified atom stereocenters. The van der Waals surface area contributed by atoms with Crippen LogP contribution in [0.2, 0.25) is 0 Å². The molecule has 3 aromatic rings. The van der Waals surface area contributed by atoms with Gasteiger partial charge in [-0.2, -0.15) is 0 Å². The van der Waals surface area contributed by atoms with Gasteiger partial charge in [-0.3, -0.25) is 0 Å². The maximum atomic E-state index is 15.4. The van der Waals surface area contributed by atoms with Crippen LogP contribution in [-0.4, -0.2) is 0 Å². The van der Waals surface area contributed by atoms with Crippen molar-refractivity contribution >= 4 is 5.57 Å². The van der Waals surface area contributed by atoms with Crippen molar-refractivity contribution in [3.05, 3.63) is 102 Å². The lowest BCUT2D eigenvalue weighted by Gasteiger charge is -2.34. The van der Waals surface area contributed by atoms with E-state index in [-0.39, 0.29) is 11.1 Å². The summed E-state index contributed by atoms with van der Waals surface area (Å²) < 4.78 is 60.6. The van der Waals surface area contributed by atoms with Crippen LogP contribution in [0.25, 0.3) is 27.8 Å². The molecule has 1 fully saturated rings. The van der Waals surface area contributed by atoms with Crippen molar-refractivity contribution in [1.82, 2.24) is 0 Å². The molecule has 2 aliphatic carbocycles. The molecule has 2 aliphatic rings. The van der Waals surface area contributed by atoms with Gasteiger partial charge in [0, 0.05) is 16.7 Å². The quantitative estimate of drug-likeness (QED) is 0.119. The van der Waals surface area contributed by atoms with E-state index in [4.69, 9.17) is 0 Å². The van der Waals surface area contributed by atoms with Gasteiger partial charge in [0.2, 0.25) is 0 Å². The Bertz CT molecular complexity index is 1430. The fraction of sp³-hybridized carbons (Fsp3) is 0.436. The summed E-state index contributed by atoms with van der Waals surface area (Å²) in [4.78, 5) is 0. The van der Waals surface area contributed by atoms with Gasteiger partial charge in [-0.1, -0.05) is 93.3 Å². The summed E-state index contributed by atoms with van der Waals surface area (Å²) in [5.41, 5.74) is 2.93. The van der Waals surface area contributed by atoms with Gasteiger partial charge in [-0.25, -0.2) is 17.6 Å². The summed E-state index contributed by atoms with van der Waals surface area (Å²) in [6, 6.07) is 13.1. The molecule has 0 saturated heterocycles. The van der Waals surface area contributed by atoms with Crippen LogP contribution in [-0.2, 0) is 6.42 Å². The highest BCUT2D eigenvalue weighted by atomic mass is 19.2. The van der Waals surface area contributed by atoms with E-state index >= 15 is 13.2 Å². The molecule has 0 N–H and O–H groups in total. The Balaban J connectivity index is 1.26. The minimum atomic E-state index is -0.878. The molecule has 4 heteroatoms. The number of hydrogen-bond acceptors (Lipinski definition) is 0. The highest BCUT2D eigenvalue weighted by Gasteiger charge is 2.29. The zero-order valence-electron chi connectivity index (χ0n) is 25.4. The van der Waals surface area contributed by atoms with Crippen molar-refractivity contribution in [1.29, 1.82) is 0 Å². The number of benzene rings is 3. The maximum absolute atomic E-state index is 15.4. The van der Waals surface area contributed by atoms with E-state index in [1.165, 1.54) is 25.7 Å². The van der Waals surface area contributed by atoms with Crippen molar-refractivity contribution in [2.75, 3.05) is 0 Å². The van der Waals surface area contributed by atoms with E-state index in [0.29, 0.717) is 46.4 Å². The molecule has 0 aromatic heterocycles. The van der Waals surface area contributed by atoms with Gasteiger partial charge >= 0.3 is 0 Å². The zero-order valence-corrected chi connectivity index (χ0v) is 25.4. The first-order valence-corrected chi connectivity index (χ1v) is 16.3. The highest BCUT2D eigenvalue weighted by molar-refractivity contribution is 5.74. The van der Waals surface area contributed by atoms with Crippen LogP contribution in [0.4, 0.5) is 17.6 Å². The smallest absolute Gasteiger partial charge is 0.167 e. The van der Waals surface area contributed by atoms with Gasteiger partial charge < -0.3 is 0 Å². The van der Waals surface area contributed by atoms with Crippen molar-refractivity contribution in [2.45, 2.75) is 90.4 Å². The lowest BCUT2D eigenvalue weighted by atomic mass is 9.71. The lowest BCUT2D eigenvalue weighted by Crippen LogP contribution is -2.22. The summed E-state index contributed by atoms with van der Waals surface area (Å²) in [7, 11) is 0. The fourth-order valence-electron chi connectivity index (χ4n) is 7.15. The third kappa shape index (κ3) is 7.16. The Hall–Kier alpha value is -3.14. The Labute approximate surface area is 254 Å². The zero-order chi connectivity index (χ0) is 30.3. The van der Waals surface area contributed by atoms with Gasteiger partial charge in [0.25, 0.3) is 0 Å². The fourth-order valence-corrected chi connectivity index (χ4v) is 7.15. The Morgan fingerprint density at radius 3 is 1.84 bits per heavy atom. The molecule has 0 bridgehead atoms. The normalized spacial score (nSPS) is 20.6. The van der Waals surface area contributed by atoms with Crippen LogP contribution >= 0.6 is 0 Å². The first-order chi connectivity index (χ1) is 20.9. The van der Waals surface area contributed by atoms with Gasteiger partial charge in [0.1, 0.15) is 0 Å². The SMILES string of the molecule is C=CC1CCC(C2CC=C(c3ccc(-c4ccc(-c5ccc(CCCCCCC)c(F)c5F)cc4)c(F)c3F)CC2)CC1. The van der Waals surface area contributed by atoms with Crippen molar-refractivity contribution in [3.8, 4) is 22.3 Å². The first kappa shape index (κ1) is 31.3. The summed E-state index contributed by atoms with van der Waals surface area (Å²) in [6.07, 6.45) is 17.5. The Kier molecular flexibility index (Phi) is 10.6. The van der Waals surface area contributed by atoms with Crippen molar-refractivity contribution in [2.24, 2.45) is 17.8 Å². The molecule has 0 spiro atoms. The van der Waals surface area contributed by atoms with E-state index in [1.54, 1.807) is 48.5 Å². The maximum Gasteiger partial charge on any atom is 0.167 e. The molecule has 0 heterocycles. The number of halogens is 4. The van der Waals surface area contributed by atoms with Gasteiger partial charge in [0.05, 0.1) is 0 Å². The van der Waals surface area contributed by atoms with Gasteiger partial charge in [0.15, 0.2) is 23.3 Å². The molecule has 0 aliphatic heterocycles. The van der Waals surface area contributed by atoms with E-state index in [0.717, 1.165) is 56.9 Å². The van der Waals surface area contributed by atoms with Gasteiger partial charge in [-0.15, -0.1) is 6.58 Å². The molecule has 5 rings (SSSR count). The molecule has 228 valence electrons. The van der Waals surface area contributed by atoms with Crippen molar-refractivity contribution < 1.29 is 17.6 Å². The molecule has 1 saturated carbocycles. The van der Waals surface area contributed by atoms with Crippen LogP contribution < -0.4 is 0 Å². The number of hydrogen-bond donors (Lipinski definition) is 0. The number of allylic oxidation sites excluding steroid dienone is 3. The monoisotopic (exact) mass is 588 g/mol. The van der Waals surface area contributed by atoms with Crippen molar-refractivity contribution in [3.63, 3.8) is 0 Å². The second-order valence-corrected chi connectivity index (χ2v) is 12.6. The number of unbranched alkanes of at least 4 members (excludes halogenated alkanes) is 4. The lowest BCUT2D eigenvalue weighted by molar-refractivity contribution is 0.212. The average Bonchev–Trinajstić information content (AvgIpc) is 3.04.